The molecule has 0 radical (unpaired) electrons. The number of carbonyl (C=O) groups is 5. The topological polar surface area (TPSA) is 146 Å². The van der Waals surface area contributed by atoms with E-state index in [4.69, 9.17) is 0 Å². The molecule has 1 fully saturated rings. The van der Waals surface area contributed by atoms with Gasteiger partial charge in [0, 0.05) is 6.42 Å². The van der Waals surface area contributed by atoms with Crippen LogP contribution in [0.5, 0.6) is 0 Å². The van der Waals surface area contributed by atoms with E-state index in [1.807, 2.05) is 85.7 Å². The van der Waals surface area contributed by atoms with Crippen molar-refractivity contribution < 1.29 is 24.0 Å². The van der Waals surface area contributed by atoms with Crippen LogP contribution in [0.2, 0.25) is 0 Å². The molecule has 0 spiro atoms. The van der Waals surface area contributed by atoms with Gasteiger partial charge in [0.15, 0.2) is 0 Å². The summed E-state index contributed by atoms with van der Waals surface area (Å²) < 4.78 is 0. The maximum absolute atomic E-state index is 13.7. The number of rotatable bonds is 9. The van der Waals surface area contributed by atoms with Gasteiger partial charge in [0.05, 0.1) is 0 Å². The fourth-order valence-corrected chi connectivity index (χ4v) is 5.04. The molecule has 234 valence electrons. The first-order valence-electron chi connectivity index (χ1n) is 15.2. The lowest BCUT2D eigenvalue weighted by Gasteiger charge is -2.28. The molecule has 0 unspecified atom stereocenters. The predicted octanol–water partition coefficient (Wildman–Crippen LogP) is 2.46. The van der Waals surface area contributed by atoms with Crippen LogP contribution in [0.25, 0.3) is 0 Å². The molecule has 42 heavy (non-hydrogen) atoms. The molecule has 0 aromatic heterocycles. The average Bonchev–Trinajstić information content (AvgIpc) is 2.89. The number of carbonyl (C=O) groups excluding carboxylic acids is 5. The summed E-state index contributed by atoms with van der Waals surface area (Å²) in [7, 11) is 0. The lowest BCUT2D eigenvalue weighted by molar-refractivity contribution is -0.135. The van der Waals surface area contributed by atoms with Gasteiger partial charge >= 0.3 is 0 Å². The molecular formula is C32H51N5O5. The molecule has 1 heterocycles. The summed E-state index contributed by atoms with van der Waals surface area (Å²) in [6, 6.07) is 4.61. The number of benzene rings is 1. The van der Waals surface area contributed by atoms with E-state index in [1.54, 1.807) is 0 Å². The van der Waals surface area contributed by atoms with Crippen molar-refractivity contribution in [3.63, 3.8) is 0 Å². The van der Waals surface area contributed by atoms with Crippen molar-refractivity contribution in [1.82, 2.24) is 26.6 Å². The van der Waals surface area contributed by atoms with Crippen LogP contribution in [0.1, 0.15) is 80.2 Å². The molecule has 10 nitrogen and oxygen atoms in total. The lowest BCUT2D eigenvalue weighted by atomic mass is 9.98. The van der Waals surface area contributed by atoms with Gasteiger partial charge in [-0.15, -0.1) is 0 Å². The third-order valence-electron chi connectivity index (χ3n) is 7.18. The molecule has 10 heteroatoms. The van der Waals surface area contributed by atoms with E-state index in [-0.39, 0.29) is 30.1 Å². The Hall–Kier alpha value is -3.43. The lowest BCUT2D eigenvalue weighted by Crippen LogP contribution is -2.59. The van der Waals surface area contributed by atoms with Crippen LogP contribution in [-0.4, -0.2) is 59.7 Å². The highest BCUT2D eigenvalue weighted by atomic mass is 16.2. The standard InChI is InChI=1S/C32H51N5O5/c1-18(2)14-23-28(38)34-25(16-20(5)6)31(41)37-27(21(7)8)32(42)36-24(15-19(3)4)29(39)35-26(30(40)33-23)17-22-12-10-9-11-13-22/h9-13,18-21,23-27H,14-17H2,1-8H3,(H,33,40)(H,34,38)(H,35,39)(H,36,42)(H,37,41)/t23-,24+,25+,26-,27+/m1/s1. The summed E-state index contributed by atoms with van der Waals surface area (Å²) in [4.78, 5) is 68.0. The van der Waals surface area contributed by atoms with Gasteiger partial charge in [0.25, 0.3) is 0 Å². The molecule has 0 bridgehead atoms. The van der Waals surface area contributed by atoms with Gasteiger partial charge in [-0.25, -0.2) is 0 Å². The Labute approximate surface area is 250 Å². The van der Waals surface area contributed by atoms with Gasteiger partial charge in [0.2, 0.25) is 29.5 Å². The molecule has 1 aliphatic heterocycles. The van der Waals surface area contributed by atoms with Crippen LogP contribution >= 0.6 is 0 Å². The van der Waals surface area contributed by atoms with E-state index in [0.717, 1.165) is 5.56 Å². The second-order valence-corrected chi connectivity index (χ2v) is 13.1. The van der Waals surface area contributed by atoms with Gasteiger partial charge in [-0.05, 0) is 48.5 Å². The molecular weight excluding hydrogens is 534 g/mol. The zero-order chi connectivity index (χ0) is 31.6. The third-order valence-corrected chi connectivity index (χ3v) is 7.18. The van der Waals surface area contributed by atoms with Gasteiger partial charge in [-0.3, -0.25) is 24.0 Å². The summed E-state index contributed by atoms with van der Waals surface area (Å²) in [5.74, 6) is -2.57. The van der Waals surface area contributed by atoms with Crippen LogP contribution in [0, 0.1) is 23.7 Å². The molecule has 1 aliphatic rings. The monoisotopic (exact) mass is 585 g/mol. The summed E-state index contributed by atoms with van der Waals surface area (Å²) in [6.07, 6.45) is 1.21. The zero-order valence-electron chi connectivity index (χ0n) is 26.5. The van der Waals surface area contributed by atoms with Crippen molar-refractivity contribution in [3.05, 3.63) is 35.9 Å². The molecule has 0 aliphatic carbocycles. The summed E-state index contributed by atoms with van der Waals surface area (Å²) >= 11 is 0. The minimum atomic E-state index is -0.994. The van der Waals surface area contributed by atoms with Crippen molar-refractivity contribution in [2.75, 3.05) is 0 Å². The van der Waals surface area contributed by atoms with E-state index in [9.17, 15) is 24.0 Å². The molecule has 5 N–H and O–H groups in total. The predicted molar refractivity (Wildman–Crippen MR) is 163 cm³/mol. The van der Waals surface area contributed by atoms with E-state index in [2.05, 4.69) is 26.6 Å². The summed E-state index contributed by atoms with van der Waals surface area (Å²) in [6.45, 7) is 15.3. The van der Waals surface area contributed by atoms with Crippen molar-refractivity contribution in [1.29, 1.82) is 0 Å². The van der Waals surface area contributed by atoms with Crippen LogP contribution in [0.4, 0.5) is 0 Å². The van der Waals surface area contributed by atoms with Crippen LogP contribution < -0.4 is 26.6 Å². The van der Waals surface area contributed by atoms with Crippen molar-refractivity contribution >= 4 is 29.5 Å². The number of hydrogen-bond donors (Lipinski definition) is 5. The SMILES string of the molecule is CC(C)C[C@@H]1NC(=O)[C@H](C(C)C)NC(=O)[C@H](CC(C)C)NC(=O)[C@@H](CC(C)C)NC(=O)[C@@H](Cc2ccccc2)NC1=O. The Kier molecular flexibility index (Phi) is 13.5. The second kappa shape index (κ2) is 16.3. The maximum atomic E-state index is 13.7. The fourth-order valence-electron chi connectivity index (χ4n) is 5.04. The van der Waals surface area contributed by atoms with Crippen molar-refractivity contribution in [2.24, 2.45) is 23.7 Å². The molecule has 1 aromatic rings. The van der Waals surface area contributed by atoms with E-state index in [0.29, 0.717) is 19.3 Å². The van der Waals surface area contributed by atoms with Gasteiger partial charge in [0.1, 0.15) is 30.2 Å². The van der Waals surface area contributed by atoms with E-state index >= 15 is 0 Å². The largest absolute Gasteiger partial charge is 0.343 e. The Morgan fingerprint density at radius 3 is 1.26 bits per heavy atom. The molecule has 1 aromatic carbocycles. The first-order chi connectivity index (χ1) is 19.7. The van der Waals surface area contributed by atoms with Crippen molar-refractivity contribution in [2.45, 2.75) is 111 Å². The summed E-state index contributed by atoms with van der Waals surface area (Å²) in [5.41, 5.74) is 0.830. The first-order valence-corrected chi connectivity index (χ1v) is 15.2. The number of amides is 5. The Bertz CT molecular complexity index is 1070. The maximum Gasteiger partial charge on any atom is 0.243 e. The number of nitrogens with one attached hydrogen (secondary N) is 5. The van der Waals surface area contributed by atoms with Crippen LogP contribution in [-0.2, 0) is 30.4 Å². The van der Waals surface area contributed by atoms with Crippen LogP contribution in [0.15, 0.2) is 30.3 Å². The van der Waals surface area contributed by atoms with E-state index < -0.39 is 59.7 Å². The van der Waals surface area contributed by atoms with Gasteiger partial charge in [-0.2, -0.15) is 0 Å². The van der Waals surface area contributed by atoms with Crippen LogP contribution in [0.3, 0.4) is 0 Å². The minimum absolute atomic E-state index is 0.0595. The smallest absolute Gasteiger partial charge is 0.243 e. The molecule has 1 saturated heterocycles. The normalized spacial score (nSPS) is 25.0. The Morgan fingerprint density at radius 2 is 0.857 bits per heavy atom. The molecule has 0 saturated carbocycles. The highest BCUT2D eigenvalue weighted by Gasteiger charge is 2.36. The average molecular weight is 586 g/mol. The van der Waals surface area contributed by atoms with E-state index in [1.165, 1.54) is 0 Å². The quantitative estimate of drug-likeness (QED) is 0.302. The molecule has 2 rings (SSSR count). The Morgan fingerprint density at radius 1 is 0.500 bits per heavy atom. The van der Waals surface area contributed by atoms with Gasteiger partial charge < -0.3 is 26.6 Å². The summed E-state index contributed by atoms with van der Waals surface area (Å²) in [5, 5.41) is 14.2. The second-order valence-electron chi connectivity index (χ2n) is 13.1. The third kappa shape index (κ3) is 11.1. The Balaban J connectivity index is 2.59. The minimum Gasteiger partial charge on any atom is -0.343 e. The van der Waals surface area contributed by atoms with Crippen molar-refractivity contribution in [3.8, 4) is 0 Å². The highest BCUT2D eigenvalue weighted by molar-refractivity contribution is 5.98. The molecule has 5 amide bonds. The first kappa shape index (κ1) is 34.8. The highest BCUT2D eigenvalue weighted by Crippen LogP contribution is 2.14. The number of hydrogen-bond acceptors (Lipinski definition) is 5. The van der Waals surface area contributed by atoms with Gasteiger partial charge in [-0.1, -0.05) is 85.7 Å². The molecule has 5 atom stereocenters. The fraction of sp³-hybridized carbons (Fsp3) is 0.656. The zero-order valence-corrected chi connectivity index (χ0v) is 26.5.